The van der Waals surface area contributed by atoms with Crippen LogP contribution in [-0.4, -0.2) is 11.9 Å². The van der Waals surface area contributed by atoms with E-state index in [-0.39, 0.29) is 5.91 Å². The molecule has 2 saturated carbocycles. The lowest BCUT2D eigenvalue weighted by atomic mass is 9.65. The van der Waals surface area contributed by atoms with E-state index in [2.05, 4.69) is 15.4 Å². The van der Waals surface area contributed by atoms with Crippen molar-refractivity contribution in [3.8, 4) is 0 Å². The number of benzene rings is 2. The van der Waals surface area contributed by atoms with Crippen LogP contribution in [0.4, 0.5) is 25.8 Å². The highest BCUT2D eigenvalue weighted by Gasteiger charge is 2.51. The van der Waals surface area contributed by atoms with Gasteiger partial charge in [0, 0.05) is 17.8 Å². The van der Waals surface area contributed by atoms with Gasteiger partial charge >= 0.3 is 0 Å². The molecule has 1 heterocycles. The molecule has 3 aliphatic rings. The highest BCUT2D eigenvalue weighted by molar-refractivity contribution is 8.00. The number of carbonyl (C=O) groups excluding carboxylic acids is 1. The Kier molecular flexibility index (Phi) is 5.09. The Morgan fingerprint density at radius 3 is 2.53 bits per heavy atom. The summed E-state index contributed by atoms with van der Waals surface area (Å²) in [5.41, 5.74) is 3.24. The van der Waals surface area contributed by atoms with Crippen molar-refractivity contribution < 1.29 is 13.6 Å². The fraction of sp³-hybridized carbons (Fsp3) is 0.435. The van der Waals surface area contributed by atoms with Gasteiger partial charge in [0.05, 0.1) is 21.7 Å². The summed E-state index contributed by atoms with van der Waals surface area (Å²) in [7, 11) is 0. The van der Waals surface area contributed by atoms with E-state index in [1.807, 2.05) is 12.1 Å². The summed E-state index contributed by atoms with van der Waals surface area (Å²) >= 11 is 1.11. The molecule has 158 valence electrons. The van der Waals surface area contributed by atoms with Crippen LogP contribution in [0, 0.1) is 11.6 Å². The molecule has 2 fully saturated rings. The van der Waals surface area contributed by atoms with E-state index >= 15 is 0 Å². The number of amides is 1. The average molecular weight is 430 g/mol. The number of anilines is 3. The maximum Gasteiger partial charge on any atom is 0.235 e. The van der Waals surface area contributed by atoms with Gasteiger partial charge in [-0.3, -0.25) is 4.79 Å². The minimum atomic E-state index is -0.596. The normalized spacial score (nSPS) is 19.9. The van der Waals surface area contributed by atoms with Crippen LogP contribution >= 0.6 is 11.9 Å². The average Bonchev–Trinajstić information content (AvgIpc) is 3.00. The third-order valence-corrected chi connectivity index (χ3v) is 7.56. The van der Waals surface area contributed by atoms with Crippen LogP contribution in [0.3, 0.4) is 0 Å². The maximum atomic E-state index is 14.0. The highest BCUT2D eigenvalue weighted by Crippen LogP contribution is 2.54. The van der Waals surface area contributed by atoms with Crippen molar-refractivity contribution in [2.75, 3.05) is 15.4 Å². The van der Waals surface area contributed by atoms with Crippen LogP contribution in [0.2, 0.25) is 0 Å². The number of hydrogen-bond acceptors (Lipinski definition) is 4. The van der Waals surface area contributed by atoms with Crippen LogP contribution in [-0.2, 0) is 10.2 Å². The van der Waals surface area contributed by atoms with Crippen LogP contribution in [0.25, 0.3) is 0 Å². The second kappa shape index (κ2) is 7.76. The highest BCUT2D eigenvalue weighted by atomic mass is 32.2. The predicted octanol–water partition coefficient (Wildman–Crippen LogP) is 6.20. The second-order valence-electron chi connectivity index (χ2n) is 8.59. The van der Waals surface area contributed by atoms with Crippen molar-refractivity contribution in [3.05, 3.63) is 47.5 Å². The SMILES string of the molecule is O=C1Nc2c(NC3CCCCC3)cc(NSc3ccc(F)cc3F)cc2C12CCC2. The van der Waals surface area contributed by atoms with Gasteiger partial charge in [0.25, 0.3) is 0 Å². The first-order valence-corrected chi connectivity index (χ1v) is 11.5. The Morgan fingerprint density at radius 1 is 1.03 bits per heavy atom. The summed E-state index contributed by atoms with van der Waals surface area (Å²) in [6, 6.07) is 7.95. The smallest absolute Gasteiger partial charge is 0.235 e. The zero-order valence-electron chi connectivity index (χ0n) is 16.7. The third-order valence-electron chi connectivity index (χ3n) is 6.67. The third kappa shape index (κ3) is 3.43. The molecule has 1 spiro atoms. The topological polar surface area (TPSA) is 53.2 Å². The Bertz CT molecular complexity index is 987. The number of fused-ring (bicyclic) bond motifs is 2. The fourth-order valence-corrected chi connectivity index (χ4v) is 5.49. The van der Waals surface area contributed by atoms with E-state index in [1.165, 1.54) is 31.4 Å². The van der Waals surface area contributed by atoms with E-state index in [1.54, 1.807) is 0 Å². The molecule has 30 heavy (non-hydrogen) atoms. The van der Waals surface area contributed by atoms with E-state index in [0.29, 0.717) is 10.9 Å². The molecule has 0 saturated heterocycles. The Morgan fingerprint density at radius 2 is 1.83 bits per heavy atom. The predicted molar refractivity (Wildman–Crippen MR) is 117 cm³/mol. The molecule has 2 aromatic rings. The van der Waals surface area contributed by atoms with Gasteiger partial charge in [-0.1, -0.05) is 25.7 Å². The van der Waals surface area contributed by atoms with Crippen molar-refractivity contribution in [2.24, 2.45) is 0 Å². The van der Waals surface area contributed by atoms with Gasteiger partial charge in [0.1, 0.15) is 11.6 Å². The molecular formula is C23H25F2N3OS. The summed E-state index contributed by atoms with van der Waals surface area (Å²) in [6.45, 7) is 0. The van der Waals surface area contributed by atoms with Crippen LogP contribution in [0.5, 0.6) is 0 Å². The molecule has 0 aromatic heterocycles. The zero-order chi connectivity index (χ0) is 20.7. The first-order chi connectivity index (χ1) is 14.5. The molecule has 0 atom stereocenters. The fourth-order valence-electron chi connectivity index (χ4n) is 4.85. The Balaban J connectivity index is 1.45. The second-order valence-corrected chi connectivity index (χ2v) is 9.44. The summed E-state index contributed by atoms with van der Waals surface area (Å²) in [6.07, 6.45) is 8.72. The largest absolute Gasteiger partial charge is 0.381 e. The number of halogens is 2. The van der Waals surface area contributed by atoms with Gasteiger partial charge in [0.15, 0.2) is 0 Å². The molecule has 3 N–H and O–H groups in total. The van der Waals surface area contributed by atoms with Crippen molar-refractivity contribution in [3.63, 3.8) is 0 Å². The molecule has 5 rings (SSSR count). The molecule has 2 aromatic carbocycles. The minimum Gasteiger partial charge on any atom is -0.381 e. The van der Waals surface area contributed by atoms with Gasteiger partial charge in [-0.2, -0.15) is 0 Å². The molecule has 7 heteroatoms. The zero-order valence-corrected chi connectivity index (χ0v) is 17.5. The van der Waals surface area contributed by atoms with Crippen LogP contribution in [0.15, 0.2) is 35.2 Å². The van der Waals surface area contributed by atoms with Crippen molar-refractivity contribution in [1.82, 2.24) is 0 Å². The molecule has 4 nitrogen and oxygen atoms in total. The van der Waals surface area contributed by atoms with Gasteiger partial charge in [-0.25, -0.2) is 8.78 Å². The summed E-state index contributed by atoms with van der Waals surface area (Å²) < 4.78 is 30.4. The minimum absolute atomic E-state index is 0.0878. The van der Waals surface area contributed by atoms with Crippen molar-refractivity contribution in [2.45, 2.75) is 67.7 Å². The van der Waals surface area contributed by atoms with Crippen LogP contribution < -0.4 is 15.4 Å². The van der Waals surface area contributed by atoms with Gasteiger partial charge < -0.3 is 15.4 Å². The molecular weight excluding hydrogens is 404 g/mol. The number of carbonyl (C=O) groups is 1. The first-order valence-electron chi connectivity index (χ1n) is 10.7. The molecule has 2 aliphatic carbocycles. The van der Waals surface area contributed by atoms with Gasteiger partial charge in [0.2, 0.25) is 5.91 Å². The lowest BCUT2D eigenvalue weighted by Gasteiger charge is -2.36. The first kappa shape index (κ1) is 19.7. The standard InChI is InChI=1S/C23H25F2N3OS/c24-14-7-8-20(18(25)11-14)30-28-16-12-17-21(27-22(29)23(17)9-4-10-23)19(13-16)26-15-5-2-1-3-6-15/h7-8,11-13,15,26,28H,1-6,9-10H2,(H,27,29). The molecule has 0 bridgehead atoms. The van der Waals surface area contributed by atoms with E-state index in [4.69, 9.17) is 0 Å². The van der Waals surface area contributed by atoms with Crippen LogP contribution in [0.1, 0.15) is 56.9 Å². The Labute approximate surface area is 179 Å². The van der Waals surface area contributed by atoms with Crippen molar-refractivity contribution in [1.29, 1.82) is 0 Å². The molecule has 1 aliphatic heterocycles. The van der Waals surface area contributed by atoms with Gasteiger partial charge in [-0.05, 0) is 67.5 Å². The lowest BCUT2D eigenvalue weighted by Crippen LogP contribution is -2.40. The van der Waals surface area contributed by atoms with E-state index in [0.717, 1.165) is 72.7 Å². The van der Waals surface area contributed by atoms with Gasteiger partial charge in [-0.15, -0.1) is 0 Å². The monoisotopic (exact) mass is 429 g/mol. The van der Waals surface area contributed by atoms with E-state index < -0.39 is 17.0 Å². The molecule has 0 radical (unpaired) electrons. The summed E-state index contributed by atoms with van der Waals surface area (Å²) in [5, 5.41) is 6.78. The number of nitrogens with one attached hydrogen (secondary N) is 3. The van der Waals surface area contributed by atoms with E-state index in [9.17, 15) is 13.6 Å². The quantitative estimate of drug-likeness (QED) is 0.495. The summed E-state index contributed by atoms with van der Waals surface area (Å²) in [5.74, 6) is -1.10. The summed E-state index contributed by atoms with van der Waals surface area (Å²) in [4.78, 5) is 13.1. The molecule has 1 amide bonds. The number of hydrogen-bond donors (Lipinski definition) is 3. The van der Waals surface area contributed by atoms with Crippen molar-refractivity contribution >= 4 is 34.9 Å². The Hall–Kier alpha value is -2.28. The lowest BCUT2D eigenvalue weighted by molar-refractivity contribution is -0.123. The maximum absolute atomic E-state index is 14.0. The number of rotatable bonds is 5. The molecule has 0 unspecified atom stereocenters.